The van der Waals surface area contributed by atoms with Gasteiger partial charge in [0.25, 0.3) is 0 Å². The Hall–Kier alpha value is -1.16. The summed E-state index contributed by atoms with van der Waals surface area (Å²) < 4.78 is 50.9. The van der Waals surface area contributed by atoms with Crippen molar-refractivity contribution < 1.29 is 16.8 Å². The molecule has 1 fully saturated rings. The molecule has 0 aliphatic carbocycles. The Kier molecular flexibility index (Phi) is 4.57. The van der Waals surface area contributed by atoms with Crippen LogP contribution in [0.15, 0.2) is 29.2 Å². The van der Waals surface area contributed by atoms with Crippen LogP contribution in [0.2, 0.25) is 0 Å². The first-order valence-corrected chi connectivity index (χ1v) is 9.78. The van der Waals surface area contributed by atoms with E-state index in [-0.39, 0.29) is 4.90 Å². The van der Waals surface area contributed by atoms with E-state index in [0.717, 1.165) is 6.26 Å². The number of piperazine rings is 1. The zero-order chi connectivity index (χ0) is 15.7. The van der Waals surface area contributed by atoms with E-state index in [9.17, 15) is 16.8 Å². The van der Waals surface area contributed by atoms with Gasteiger partial charge in [-0.15, -0.1) is 0 Å². The summed E-state index contributed by atoms with van der Waals surface area (Å²) in [5, 5.41) is 0. The maximum absolute atomic E-state index is 12.5. The van der Waals surface area contributed by atoms with E-state index in [1.54, 1.807) is 0 Å². The third-order valence-electron chi connectivity index (χ3n) is 3.26. The average molecular weight is 333 g/mol. The molecule has 0 atom stereocenters. The normalized spacial score (nSPS) is 18.6. The Morgan fingerprint density at radius 2 is 1.48 bits per heavy atom. The van der Waals surface area contributed by atoms with Gasteiger partial charge in [0.2, 0.25) is 20.0 Å². The fraction of sp³-hybridized carbons (Fsp3) is 0.500. The molecule has 0 spiro atoms. The molecule has 0 amide bonds. The monoisotopic (exact) mass is 333 g/mol. The number of benzene rings is 1. The third-order valence-corrected chi connectivity index (χ3v) is 5.78. The van der Waals surface area contributed by atoms with Crippen LogP contribution in [-0.4, -0.2) is 65.5 Å². The number of likely N-dealkylation sites (N-methyl/N-ethyl adjacent to an activating group) is 1. The highest BCUT2D eigenvalue weighted by Gasteiger charge is 2.27. The van der Waals surface area contributed by atoms with Crippen molar-refractivity contribution in [3.8, 4) is 0 Å². The van der Waals surface area contributed by atoms with E-state index in [0.29, 0.717) is 31.9 Å². The summed E-state index contributed by atoms with van der Waals surface area (Å²) >= 11 is 0. The van der Waals surface area contributed by atoms with Crippen molar-refractivity contribution >= 4 is 25.7 Å². The largest absolute Gasteiger partial charge is 0.304 e. The van der Waals surface area contributed by atoms with E-state index in [1.165, 1.54) is 28.6 Å². The van der Waals surface area contributed by atoms with Crippen molar-refractivity contribution in [1.82, 2.24) is 9.21 Å². The maximum Gasteiger partial charge on any atom is 0.243 e. The zero-order valence-corrected chi connectivity index (χ0v) is 13.6. The summed E-state index contributed by atoms with van der Waals surface area (Å²) in [7, 11) is -4.93. The van der Waals surface area contributed by atoms with E-state index in [4.69, 9.17) is 0 Å². The minimum Gasteiger partial charge on any atom is -0.304 e. The first-order chi connectivity index (χ1) is 9.68. The van der Waals surface area contributed by atoms with Crippen molar-refractivity contribution in [3.63, 3.8) is 0 Å². The molecule has 1 heterocycles. The van der Waals surface area contributed by atoms with Crippen LogP contribution in [0.1, 0.15) is 0 Å². The van der Waals surface area contributed by atoms with Crippen LogP contribution in [0.3, 0.4) is 0 Å². The standard InChI is InChI=1S/C12H19N3O4S2/c1-14-7-9-15(10-8-14)21(18,19)12-5-3-11(4-6-12)13-20(2,16)17/h3-6,13H,7-10H2,1-2H3. The summed E-state index contributed by atoms with van der Waals surface area (Å²) in [6.45, 7) is 2.32. The fourth-order valence-corrected chi connectivity index (χ4v) is 4.07. The summed E-state index contributed by atoms with van der Waals surface area (Å²) in [6.07, 6.45) is 1.04. The first kappa shape index (κ1) is 16.2. The number of nitrogens with zero attached hydrogens (tertiary/aromatic N) is 2. The number of hydrogen-bond donors (Lipinski definition) is 1. The number of hydrogen-bond acceptors (Lipinski definition) is 5. The van der Waals surface area contributed by atoms with Crippen LogP contribution in [0, 0.1) is 0 Å². The summed E-state index contributed by atoms with van der Waals surface area (Å²) in [4.78, 5) is 2.25. The van der Waals surface area contributed by atoms with E-state index >= 15 is 0 Å². The van der Waals surface area contributed by atoms with Gasteiger partial charge in [0.1, 0.15) is 0 Å². The Balaban J connectivity index is 2.17. The smallest absolute Gasteiger partial charge is 0.243 e. The number of anilines is 1. The lowest BCUT2D eigenvalue weighted by atomic mass is 10.3. The average Bonchev–Trinajstić information content (AvgIpc) is 2.38. The van der Waals surface area contributed by atoms with Crippen LogP contribution >= 0.6 is 0 Å². The first-order valence-electron chi connectivity index (χ1n) is 6.45. The highest BCUT2D eigenvalue weighted by atomic mass is 32.2. The van der Waals surface area contributed by atoms with Gasteiger partial charge in [-0.2, -0.15) is 4.31 Å². The Labute approximate surface area is 125 Å². The molecule has 1 aromatic rings. The molecule has 1 N–H and O–H groups in total. The van der Waals surface area contributed by atoms with Crippen LogP contribution in [0.5, 0.6) is 0 Å². The van der Waals surface area contributed by atoms with Crippen LogP contribution in [0.25, 0.3) is 0 Å². The molecule has 2 rings (SSSR count). The zero-order valence-electron chi connectivity index (χ0n) is 12.0. The Morgan fingerprint density at radius 3 is 1.95 bits per heavy atom. The van der Waals surface area contributed by atoms with Gasteiger partial charge in [-0.25, -0.2) is 16.8 Å². The molecule has 1 aliphatic rings. The quantitative estimate of drug-likeness (QED) is 0.838. The molecule has 118 valence electrons. The molecule has 0 radical (unpaired) electrons. The van der Waals surface area contributed by atoms with Crippen molar-refractivity contribution in [2.75, 3.05) is 44.2 Å². The van der Waals surface area contributed by atoms with Gasteiger partial charge < -0.3 is 4.90 Å². The molecule has 1 saturated heterocycles. The molecule has 0 saturated carbocycles. The fourth-order valence-electron chi connectivity index (χ4n) is 2.09. The van der Waals surface area contributed by atoms with Crippen LogP contribution in [-0.2, 0) is 20.0 Å². The number of nitrogens with one attached hydrogen (secondary N) is 1. The molecule has 0 bridgehead atoms. The van der Waals surface area contributed by atoms with Gasteiger partial charge in [-0.3, -0.25) is 4.72 Å². The second-order valence-corrected chi connectivity index (χ2v) is 8.79. The van der Waals surface area contributed by atoms with Gasteiger partial charge >= 0.3 is 0 Å². The van der Waals surface area contributed by atoms with Crippen molar-refractivity contribution in [2.24, 2.45) is 0 Å². The van der Waals surface area contributed by atoms with Crippen LogP contribution in [0.4, 0.5) is 5.69 Å². The van der Waals surface area contributed by atoms with Crippen molar-refractivity contribution in [1.29, 1.82) is 0 Å². The molecule has 0 aromatic heterocycles. The lowest BCUT2D eigenvalue weighted by Gasteiger charge is -2.31. The highest BCUT2D eigenvalue weighted by molar-refractivity contribution is 7.92. The molecule has 7 nitrogen and oxygen atoms in total. The molecular formula is C12H19N3O4S2. The number of rotatable bonds is 4. The van der Waals surface area contributed by atoms with E-state index < -0.39 is 20.0 Å². The Bertz CT molecular complexity index is 691. The highest BCUT2D eigenvalue weighted by Crippen LogP contribution is 2.20. The SMILES string of the molecule is CN1CCN(S(=O)(=O)c2ccc(NS(C)(=O)=O)cc2)CC1. The predicted molar refractivity (Wildman–Crippen MR) is 81.2 cm³/mol. The second kappa shape index (κ2) is 5.91. The lowest BCUT2D eigenvalue weighted by Crippen LogP contribution is -2.46. The third kappa shape index (κ3) is 4.16. The molecule has 9 heteroatoms. The number of sulfonamides is 2. The van der Waals surface area contributed by atoms with Crippen molar-refractivity contribution in [2.45, 2.75) is 4.90 Å². The summed E-state index contributed by atoms with van der Waals surface area (Å²) in [5.41, 5.74) is 0.342. The van der Waals surface area contributed by atoms with Gasteiger partial charge in [-0.1, -0.05) is 0 Å². The predicted octanol–water partition coefficient (Wildman–Crippen LogP) is -0.00580. The minimum absolute atomic E-state index is 0.172. The lowest BCUT2D eigenvalue weighted by molar-refractivity contribution is 0.222. The molecule has 21 heavy (non-hydrogen) atoms. The molecule has 1 aromatic carbocycles. The van der Waals surface area contributed by atoms with Gasteiger partial charge in [0, 0.05) is 31.9 Å². The topological polar surface area (TPSA) is 86.8 Å². The van der Waals surface area contributed by atoms with Gasteiger partial charge in [0.05, 0.1) is 11.2 Å². The molecule has 1 aliphatic heterocycles. The summed E-state index contributed by atoms with van der Waals surface area (Å²) in [5.74, 6) is 0. The Morgan fingerprint density at radius 1 is 0.952 bits per heavy atom. The van der Waals surface area contributed by atoms with Crippen molar-refractivity contribution in [3.05, 3.63) is 24.3 Å². The maximum atomic E-state index is 12.5. The van der Waals surface area contributed by atoms with E-state index in [2.05, 4.69) is 9.62 Å². The van der Waals surface area contributed by atoms with Gasteiger partial charge in [-0.05, 0) is 31.3 Å². The van der Waals surface area contributed by atoms with Gasteiger partial charge in [0.15, 0.2) is 0 Å². The molecular weight excluding hydrogens is 314 g/mol. The van der Waals surface area contributed by atoms with E-state index in [1.807, 2.05) is 7.05 Å². The minimum atomic E-state index is -3.52. The molecule has 0 unspecified atom stereocenters. The summed E-state index contributed by atoms with van der Waals surface area (Å²) in [6, 6.07) is 5.73. The second-order valence-electron chi connectivity index (χ2n) is 5.11. The van der Waals surface area contributed by atoms with Crippen LogP contribution < -0.4 is 4.72 Å².